The highest BCUT2D eigenvalue weighted by molar-refractivity contribution is 7.09. The van der Waals surface area contributed by atoms with Gasteiger partial charge in [0.15, 0.2) is 0 Å². The van der Waals surface area contributed by atoms with E-state index in [4.69, 9.17) is 4.74 Å². The molecule has 0 bridgehead atoms. The number of carbonyl (C=O) groups is 1. The van der Waals surface area contributed by atoms with Crippen molar-refractivity contribution < 1.29 is 9.53 Å². The Labute approximate surface area is 151 Å². The molecule has 0 aliphatic rings. The summed E-state index contributed by atoms with van der Waals surface area (Å²) in [6, 6.07) is 17.5. The molecule has 25 heavy (non-hydrogen) atoms. The molecule has 3 aromatic rings. The molecule has 0 aliphatic heterocycles. The number of hydrogen-bond acceptors (Lipinski definition) is 4. The van der Waals surface area contributed by atoms with Crippen molar-refractivity contribution >= 4 is 22.9 Å². The highest BCUT2D eigenvalue weighted by Crippen LogP contribution is 2.18. The molecule has 0 saturated carbocycles. The summed E-state index contributed by atoms with van der Waals surface area (Å²) >= 11 is 1.51. The van der Waals surface area contributed by atoms with Crippen LogP contribution in [0.5, 0.6) is 5.75 Å². The first-order valence-electron chi connectivity index (χ1n) is 8.06. The standard InChI is InChI=1S/C20H20N2O2S/c1-15-8-10-18(11-9-15)24-13-19-21-16(14-25-19)12-20(23)22(2)17-6-4-3-5-7-17/h3-11,14H,12-13H2,1-2H3. The van der Waals surface area contributed by atoms with E-state index < -0.39 is 0 Å². The van der Waals surface area contributed by atoms with E-state index in [1.165, 1.54) is 16.9 Å². The summed E-state index contributed by atoms with van der Waals surface area (Å²) in [6.07, 6.45) is 0.284. The van der Waals surface area contributed by atoms with E-state index in [9.17, 15) is 4.79 Å². The summed E-state index contributed by atoms with van der Waals surface area (Å²) in [5.74, 6) is 0.838. The van der Waals surface area contributed by atoms with Gasteiger partial charge < -0.3 is 9.64 Å². The van der Waals surface area contributed by atoms with Crippen LogP contribution in [0.15, 0.2) is 60.0 Å². The Balaban J connectivity index is 1.56. The van der Waals surface area contributed by atoms with Gasteiger partial charge in [-0.15, -0.1) is 11.3 Å². The zero-order chi connectivity index (χ0) is 17.6. The number of ether oxygens (including phenoxy) is 1. The number of carbonyl (C=O) groups excluding carboxylic acids is 1. The number of para-hydroxylation sites is 1. The molecule has 0 saturated heterocycles. The van der Waals surface area contributed by atoms with Gasteiger partial charge in [0, 0.05) is 18.1 Å². The summed E-state index contributed by atoms with van der Waals surface area (Å²) in [5.41, 5.74) is 2.86. The number of aryl methyl sites for hydroxylation is 1. The SMILES string of the molecule is Cc1ccc(OCc2nc(CC(=O)N(C)c3ccccc3)cs2)cc1. The highest BCUT2D eigenvalue weighted by Gasteiger charge is 2.13. The van der Waals surface area contributed by atoms with E-state index in [0.29, 0.717) is 6.61 Å². The fourth-order valence-electron chi connectivity index (χ4n) is 2.35. The first-order chi connectivity index (χ1) is 12.1. The molecule has 1 aromatic heterocycles. The fourth-order valence-corrected chi connectivity index (χ4v) is 3.05. The lowest BCUT2D eigenvalue weighted by Crippen LogP contribution is -2.27. The Hall–Kier alpha value is -2.66. The Morgan fingerprint density at radius 3 is 2.56 bits per heavy atom. The minimum absolute atomic E-state index is 0.0162. The number of benzene rings is 2. The van der Waals surface area contributed by atoms with Crippen LogP contribution in [0.4, 0.5) is 5.69 Å². The van der Waals surface area contributed by atoms with E-state index in [0.717, 1.165) is 22.1 Å². The maximum absolute atomic E-state index is 12.4. The highest BCUT2D eigenvalue weighted by atomic mass is 32.1. The number of likely N-dealkylation sites (N-methyl/N-ethyl adjacent to an activating group) is 1. The number of amides is 1. The molecule has 0 atom stereocenters. The lowest BCUT2D eigenvalue weighted by atomic mass is 10.2. The lowest BCUT2D eigenvalue weighted by molar-refractivity contribution is -0.117. The van der Waals surface area contributed by atoms with Crippen molar-refractivity contribution in [3.05, 3.63) is 76.2 Å². The summed E-state index contributed by atoms with van der Waals surface area (Å²) in [4.78, 5) is 18.6. The third-order valence-corrected chi connectivity index (χ3v) is 4.70. The third-order valence-electron chi connectivity index (χ3n) is 3.83. The van der Waals surface area contributed by atoms with Gasteiger partial charge in [-0.05, 0) is 31.2 Å². The van der Waals surface area contributed by atoms with Crippen LogP contribution in [0.1, 0.15) is 16.3 Å². The number of rotatable bonds is 6. The third kappa shape index (κ3) is 4.67. The van der Waals surface area contributed by atoms with Gasteiger partial charge in [0.05, 0.1) is 12.1 Å². The van der Waals surface area contributed by atoms with Crippen LogP contribution in [0, 0.1) is 6.92 Å². The average Bonchev–Trinajstić information content (AvgIpc) is 3.08. The Morgan fingerprint density at radius 2 is 1.84 bits per heavy atom. The molecule has 5 heteroatoms. The molecular formula is C20H20N2O2S. The smallest absolute Gasteiger partial charge is 0.232 e. The quantitative estimate of drug-likeness (QED) is 0.666. The van der Waals surface area contributed by atoms with E-state index >= 15 is 0 Å². The summed E-state index contributed by atoms with van der Waals surface area (Å²) in [5, 5.41) is 2.79. The topological polar surface area (TPSA) is 42.4 Å². The molecule has 2 aromatic carbocycles. The molecule has 3 rings (SSSR count). The van der Waals surface area contributed by atoms with Crippen LogP contribution in [0.25, 0.3) is 0 Å². The van der Waals surface area contributed by atoms with Crippen LogP contribution in [-0.2, 0) is 17.8 Å². The zero-order valence-electron chi connectivity index (χ0n) is 14.3. The van der Waals surface area contributed by atoms with Gasteiger partial charge in [-0.1, -0.05) is 35.9 Å². The van der Waals surface area contributed by atoms with Crippen molar-refractivity contribution in [2.24, 2.45) is 0 Å². The van der Waals surface area contributed by atoms with E-state index in [2.05, 4.69) is 4.98 Å². The van der Waals surface area contributed by atoms with E-state index in [1.807, 2.05) is 66.9 Å². The Kier molecular flexibility index (Phi) is 5.46. The lowest BCUT2D eigenvalue weighted by Gasteiger charge is -2.16. The van der Waals surface area contributed by atoms with Gasteiger partial charge in [-0.25, -0.2) is 4.98 Å². The average molecular weight is 352 g/mol. The van der Waals surface area contributed by atoms with Gasteiger partial charge in [0.2, 0.25) is 5.91 Å². The van der Waals surface area contributed by atoms with Crippen LogP contribution in [0.3, 0.4) is 0 Å². The molecule has 0 spiro atoms. The summed E-state index contributed by atoms with van der Waals surface area (Å²) < 4.78 is 5.73. The van der Waals surface area contributed by atoms with Gasteiger partial charge in [0.1, 0.15) is 17.4 Å². The normalized spacial score (nSPS) is 10.5. The van der Waals surface area contributed by atoms with Gasteiger partial charge in [-0.3, -0.25) is 4.79 Å². The fraction of sp³-hybridized carbons (Fsp3) is 0.200. The van der Waals surface area contributed by atoms with Crippen LogP contribution in [-0.4, -0.2) is 17.9 Å². The molecule has 1 heterocycles. The molecule has 1 amide bonds. The van der Waals surface area contributed by atoms with Gasteiger partial charge in [-0.2, -0.15) is 0 Å². The number of nitrogens with zero attached hydrogens (tertiary/aromatic N) is 2. The zero-order valence-corrected chi connectivity index (χ0v) is 15.1. The Morgan fingerprint density at radius 1 is 1.12 bits per heavy atom. The van der Waals surface area contributed by atoms with E-state index in [-0.39, 0.29) is 12.3 Å². The van der Waals surface area contributed by atoms with Crippen molar-refractivity contribution in [1.29, 1.82) is 0 Å². The second-order valence-corrected chi connectivity index (χ2v) is 6.74. The van der Waals surface area contributed by atoms with Crippen LogP contribution < -0.4 is 9.64 Å². The molecule has 128 valence electrons. The van der Waals surface area contributed by atoms with Crippen LogP contribution in [0.2, 0.25) is 0 Å². The maximum atomic E-state index is 12.4. The minimum atomic E-state index is 0.0162. The molecular weight excluding hydrogens is 332 g/mol. The predicted molar refractivity (Wildman–Crippen MR) is 101 cm³/mol. The van der Waals surface area contributed by atoms with Crippen molar-refractivity contribution in [1.82, 2.24) is 4.98 Å². The number of anilines is 1. The molecule has 0 unspecified atom stereocenters. The molecule has 0 aliphatic carbocycles. The van der Waals surface area contributed by atoms with Gasteiger partial charge in [0.25, 0.3) is 0 Å². The van der Waals surface area contributed by atoms with E-state index in [1.54, 1.807) is 11.9 Å². The molecule has 4 nitrogen and oxygen atoms in total. The van der Waals surface area contributed by atoms with Crippen LogP contribution >= 0.6 is 11.3 Å². The maximum Gasteiger partial charge on any atom is 0.232 e. The molecule has 0 radical (unpaired) electrons. The second kappa shape index (κ2) is 7.94. The molecule has 0 N–H and O–H groups in total. The largest absolute Gasteiger partial charge is 0.486 e. The Bertz CT molecular complexity index is 828. The minimum Gasteiger partial charge on any atom is -0.486 e. The molecule has 0 fully saturated rings. The monoisotopic (exact) mass is 352 g/mol. The first-order valence-corrected chi connectivity index (χ1v) is 8.94. The summed E-state index contributed by atoms with van der Waals surface area (Å²) in [6.45, 7) is 2.46. The van der Waals surface area contributed by atoms with Crippen molar-refractivity contribution in [2.45, 2.75) is 20.0 Å². The van der Waals surface area contributed by atoms with Crippen molar-refractivity contribution in [2.75, 3.05) is 11.9 Å². The van der Waals surface area contributed by atoms with Crippen molar-refractivity contribution in [3.8, 4) is 5.75 Å². The predicted octanol–water partition coefficient (Wildman–Crippen LogP) is 4.24. The number of aromatic nitrogens is 1. The number of thiazole rings is 1. The van der Waals surface area contributed by atoms with Gasteiger partial charge >= 0.3 is 0 Å². The first kappa shape index (κ1) is 17.2. The number of hydrogen-bond donors (Lipinski definition) is 0. The second-order valence-electron chi connectivity index (χ2n) is 5.80. The van der Waals surface area contributed by atoms with Crippen molar-refractivity contribution in [3.63, 3.8) is 0 Å². The summed E-state index contributed by atoms with van der Waals surface area (Å²) in [7, 11) is 1.78.